The van der Waals surface area contributed by atoms with Crippen LogP contribution in [0.2, 0.25) is 0 Å². The minimum Gasteiger partial charge on any atom is -0.462 e. The predicted molar refractivity (Wildman–Crippen MR) is 238 cm³/mol. The molecule has 0 aromatic heterocycles. The molecule has 0 saturated heterocycles. The molecule has 1 atom stereocenters. The van der Waals surface area contributed by atoms with Gasteiger partial charge in [-0.25, -0.2) is 0 Å². The first kappa shape index (κ1) is 54.4. The van der Waals surface area contributed by atoms with Gasteiger partial charge in [-0.2, -0.15) is 0 Å². The molecule has 0 radical (unpaired) electrons. The molecule has 6 nitrogen and oxygen atoms in total. The fraction of sp³-hybridized carbons (Fsp3) is 0.940. The van der Waals surface area contributed by atoms with Crippen LogP contribution in [-0.2, 0) is 28.6 Å². The van der Waals surface area contributed by atoms with Crippen molar-refractivity contribution in [2.75, 3.05) is 13.2 Å². The molecule has 0 aliphatic heterocycles. The van der Waals surface area contributed by atoms with E-state index in [1.54, 1.807) is 0 Å². The van der Waals surface area contributed by atoms with Crippen molar-refractivity contribution in [1.29, 1.82) is 0 Å². The molecule has 0 aliphatic carbocycles. The van der Waals surface area contributed by atoms with Crippen molar-refractivity contribution in [3.05, 3.63) is 0 Å². The summed E-state index contributed by atoms with van der Waals surface area (Å²) < 4.78 is 16.7. The molecular formula is C50H96O6. The smallest absolute Gasteiger partial charge is 0.306 e. The van der Waals surface area contributed by atoms with Gasteiger partial charge in [-0.15, -0.1) is 0 Å². The van der Waals surface area contributed by atoms with E-state index in [1.165, 1.54) is 186 Å². The molecule has 0 saturated carbocycles. The third-order valence-electron chi connectivity index (χ3n) is 11.4. The van der Waals surface area contributed by atoms with Crippen molar-refractivity contribution in [1.82, 2.24) is 0 Å². The quantitative estimate of drug-likeness (QED) is 0.0347. The van der Waals surface area contributed by atoms with Crippen LogP contribution in [0.3, 0.4) is 0 Å². The van der Waals surface area contributed by atoms with Crippen molar-refractivity contribution in [3.63, 3.8) is 0 Å². The lowest BCUT2D eigenvalue weighted by Gasteiger charge is -2.18. The molecule has 0 aromatic rings. The normalized spacial score (nSPS) is 11.8. The second-order valence-corrected chi connectivity index (χ2v) is 17.1. The summed E-state index contributed by atoms with van der Waals surface area (Å²) in [4.78, 5) is 37.8. The molecule has 0 aliphatic rings. The van der Waals surface area contributed by atoms with E-state index in [1.807, 2.05) is 0 Å². The van der Waals surface area contributed by atoms with Crippen LogP contribution >= 0.6 is 0 Å². The maximum absolute atomic E-state index is 12.7. The Hall–Kier alpha value is -1.59. The van der Waals surface area contributed by atoms with Gasteiger partial charge in [-0.1, -0.05) is 245 Å². The van der Waals surface area contributed by atoms with Crippen LogP contribution < -0.4 is 0 Å². The Morgan fingerprint density at radius 1 is 0.286 bits per heavy atom. The largest absolute Gasteiger partial charge is 0.462 e. The maximum Gasteiger partial charge on any atom is 0.306 e. The highest BCUT2D eigenvalue weighted by atomic mass is 16.6. The lowest BCUT2D eigenvalue weighted by Crippen LogP contribution is -2.30. The molecule has 0 fully saturated rings. The van der Waals surface area contributed by atoms with Gasteiger partial charge in [0.05, 0.1) is 0 Å². The van der Waals surface area contributed by atoms with Gasteiger partial charge in [0.1, 0.15) is 13.2 Å². The molecule has 6 heteroatoms. The van der Waals surface area contributed by atoms with Crippen molar-refractivity contribution < 1.29 is 28.6 Å². The average molecular weight is 793 g/mol. The van der Waals surface area contributed by atoms with Gasteiger partial charge in [0.2, 0.25) is 0 Å². The standard InChI is InChI=1S/C50H96O6/c1-4-7-10-13-16-19-21-23-24-25-26-27-29-32-34-37-40-43-49(52)55-46-47(56-50(53)44-41-38-35-30-18-15-12-9-6-3)45-54-48(51)42-39-36-33-31-28-22-20-17-14-11-8-5-2/h47H,4-46H2,1-3H3/t47-/m0/s1. The van der Waals surface area contributed by atoms with E-state index in [9.17, 15) is 14.4 Å². The van der Waals surface area contributed by atoms with Crippen LogP contribution in [-0.4, -0.2) is 37.2 Å². The van der Waals surface area contributed by atoms with E-state index in [2.05, 4.69) is 20.8 Å². The second-order valence-electron chi connectivity index (χ2n) is 17.1. The molecule has 0 aromatic carbocycles. The Labute approximate surface area is 348 Å². The summed E-state index contributed by atoms with van der Waals surface area (Å²) in [5, 5.41) is 0. The van der Waals surface area contributed by atoms with E-state index in [0.717, 1.165) is 57.8 Å². The summed E-state index contributed by atoms with van der Waals surface area (Å²) in [7, 11) is 0. The minimum absolute atomic E-state index is 0.0623. The fourth-order valence-electron chi connectivity index (χ4n) is 7.56. The Balaban J connectivity index is 4.22. The number of hydrogen-bond donors (Lipinski definition) is 0. The van der Waals surface area contributed by atoms with Crippen LogP contribution in [0.15, 0.2) is 0 Å². The topological polar surface area (TPSA) is 78.9 Å². The van der Waals surface area contributed by atoms with E-state index in [0.29, 0.717) is 19.3 Å². The van der Waals surface area contributed by atoms with Gasteiger partial charge in [0.25, 0.3) is 0 Å². The number of rotatable bonds is 46. The third-order valence-corrected chi connectivity index (χ3v) is 11.4. The number of hydrogen-bond acceptors (Lipinski definition) is 6. The van der Waals surface area contributed by atoms with E-state index in [4.69, 9.17) is 14.2 Å². The summed E-state index contributed by atoms with van der Waals surface area (Å²) >= 11 is 0. The number of carbonyl (C=O) groups excluding carboxylic acids is 3. The zero-order valence-electron chi connectivity index (χ0n) is 37.9. The third kappa shape index (κ3) is 43.5. The highest BCUT2D eigenvalue weighted by Crippen LogP contribution is 2.16. The molecule has 0 unspecified atom stereocenters. The van der Waals surface area contributed by atoms with Crippen LogP contribution in [0.4, 0.5) is 0 Å². The Morgan fingerprint density at radius 2 is 0.482 bits per heavy atom. The van der Waals surface area contributed by atoms with Crippen molar-refractivity contribution >= 4 is 17.9 Å². The molecule has 0 heterocycles. The van der Waals surface area contributed by atoms with Gasteiger partial charge >= 0.3 is 17.9 Å². The molecule has 0 N–H and O–H groups in total. The zero-order chi connectivity index (χ0) is 40.8. The Kier molecular flexibility index (Phi) is 44.8. The Morgan fingerprint density at radius 3 is 0.714 bits per heavy atom. The van der Waals surface area contributed by atoms with E-state index in [-0.39, 0.29) is 31.1 Å². The van der Waals surface area contributed by atoms with Gasteiger partial charge in [0, 0.05) is 19.3 Å². The number of unbranched alkanes of at least 4 members (excludes halogenated alkanes) is 35. The first-order valence-electron chi connectivity index (χ1n) is 25.0. The summed E-state index contributed by atoms with van der Waals surface area (Å²) in [5.41, 5.74) is 0. The minimum atomic E-state index is -0.758. The molecule has 56 heavy (non-hydrogen) atoms. The van der Waals surface area contributed by atoms with E-state index < -0.39 is 6.10 Å². The van der Waals surface area contributed by atoms with E-state index >= 15 is 0 Å². The summed E-state index contributed by atoms with van der Waals surface area (Å²) in [6, 6.07) is 0. The fourth-order valence-corrected chi connectivity index (χ4v) is 7.56. The SMILES string of the molecule is CCCCCCCCCCCCCCCCCCCC(=O)OC[C@H](COC(=O)CCCCCCCCCCCCCC)OC(=O)CCCCCCCCCCC. The lowest BCUT2D eigenvalue weighted by atomic mass is 10.0. The van der Waals surface area contributed by atoms with Crippen LogP contribution in [0, 0.1) is 0 Å². The molecular weight excluding hydrogens is 697 g/mol. The average Bonchev–Trinajstić information content (AvgIpc) is 3.19. The lowest BCUT2D eigenvalue weighted by molar-refractivity contribution is -0.167. The summed E-state index contributed by atoms with van der Waals surface area (Å²) in [6.07, 6.45) is 48.0. The first-order valence-corrected chi connectivity index (χ1v) is 25.0. The zero-order valence-corrected chi connectivity index (χ0v) is 37.9. The molecule has 0 amide bonds. The summed E-state index contributed by atoms with van der Waals surface area (Å²) in [5.74, 6) is -0.847. The molecule has 0 rings (SSSR count). The number of ether oxygens (including phenoxy) is 3. The van der Waals surface area contributed by atoms with Gasteiger partial charge in [0.15, 0.2) is 6.10 Å². The number of carbonyl (C=O) groups is 3. The predicted octanol–water partition coefficient (Wildman–Crippen LogP) is 16.0. The van der Waals surface area contributed by atoms with Gasteiger partial charge in [-0.3, -0.25) is 14.4 Å². The van der Waals surface area contributed by atoms with Crippen LogP contribution in [0.1, 0.15) is 284 Å². The van der Waals surface area contributed by atoms with Crippen LogP contribution in [0.25, 0.3) is 0 Å². The van der Waals surface area contributed by atoms with Crippen molar-refractivity contribution in [3.8, 4) is 0 Å². The highest BCUT2D eigenvalue weighted by Gasteiger charge is 2.19. The molecule has 0 bridgehead atoms. The van der Waals surface area contributed by atoms with Gasteiger partial charge in [-0.05, 0) is 19.3 Å². The molecule has 332 valence electrons. The van der Waals surface area contributed by atoms with Crippen LogP contribution in [0.5, 0.6) is 0 Å². The monoisotopic (exact) mass is 793 g/mol. The Bertz CT molecular complexity index is 828. The maximum atomic E-state index is 12.7. The van der Waals surface area contributed by atoms with Gasteiger partial charge < -0.3 is 14.2 Å². The molecule has 0 spiro atoms. The number of esters is 3. The first-order chi connectivity index (χ1) is 27.5. The van der Waals surface area contributed by atoms with Crippen molar-refractivity contribution in [2.45, 2.75) is 290 Å². The van der Waals surface area contributed by atoms with Crippen molar-refractivity contribution in [2.24, 2.45) is 0 Å². The highest BCUT2D eigenvalue weighted by molar-refractivity contribution is 5.71. The second kappa shape index (κ2) is 46.1. The summed E-state index contributed by atoms with van der Waals surface area (Å²) in [6.45, 7) is 6.65.